The average Bonchev–Trinajstić information content (AvgIpc) is 2.45. The van der Waals surface area contributed by atoms with E-state index in [0.717, 1.165) is 13.1 Å². The molecule has 62 valence electrons. The van der Waals surface area contributed by atoms with Gasteiger partial charge in [-0.25, -0.2) is 0 Å². The van der Waals surface area contributed by atoms with Gasteiger partial charge in [0.05, 0.1) is 12.1 Å². The number of carbonyl (C=O) groups excluding carboxylic acids is 1. The van der Waals surface area contributed by atoms with E-state index in [9.17, 15) is 4.79 Å². The Morgan fingerprint density at radius 3 is 3.27 bits per heavy atom. The van der Waals surface area contributed by atoms with Crippen molar-refractivity contribution in [1.82, 2.24) is 10.2 Å². The summed E-state index contributed by atoms with van der Waals surface area (Å²) in [6, 6.07) is 0.260. The molecule has 2 fully saturated rings. The Labute approximate surface area is 65.5 Å². The highest BCUT2D eigenvalue weighted by Gasteiger charge is 2.37. The van der Waals surface area contributed by atoms with E-state index < -0.39 is 0 Å². The molecule has 1 amide bonds. The minimum Gasteiger partial charge on any atom is -0.365 e. The van der Waals surface area contributed by atoms with Crippen LogP contribution in [0.4, 0.5) is 0 Å². The normalized spacial score (nSPS) is 37.5. The minimum absolute atomic E-state index is 0.0925. The lowest BCUT2D eigenvalue weighted by molar-refractivity contribution is -0.150. The molecule has 0 spiro atoms. The van der Waals surface area contributed by atoms with Crippen molar-refractivity contribution in [3.8, 4) is 0 Å². The van der Waals surface area contributed by atoms with Crippen molar-refractivity contribution in [2.45, 2.75) is 12.1 Å². The molecule has 0 bridgehead atoms. The fourth-order valence-corrected chi connectivity index (χ4v) is 1.66. The lowest BCUT2D eigenvalue weighted by Crippen LogP contribution is -2.51. The van der Waals surface area contributed by atoms with Crippen LogP contribution in [0.2, 0.25) is 0 Å². The molecule has 0 aromatic heterocycles. The molecule has 4 heteroatoms. The third-order valence-corrected chi connectivity index (χ3v) is 2.44. The molecule has 0 aliphatic carbocycles. The number of nitrogens with one attached hydrogen (secondary N) is 1. The summed E-state index contributed by atoms with van der Waals surface area (Å²) in [6.45, 7) is 1.99. The largest absolute Gasteiger partial charge is 0.365 e. The van der Waals surface area contributed by atoms with Gasteiger partial charge in [0.2, 0.25) is 5.91 Å². The van der Waals surface area contributed by atoms with Crippen molar-refractivity contribution in [1.29, 1.82) is 0 Å². The lowest BCUT2D eigenvalue weighted by Gasteiger charge is -2.33. The van der Waals surface area contributed by atoms with Gasteiger partial charge >= 0.3 is 0 Å². The molecule has 2 saturated heterocycles. The number of hydrogen-bond acceptors (Lipinski definition) is 3. The quantitative estimate of drug-likeness (QED) is 0.480. The van der Waals surface area contributed by atoms with Crippen molar-refractivity contribution in [3.05, 3.63) is 0 Å². The molecule has 0 radical (unpaired) electrons. The highest BCUT2D eigenvalue weighted by atomic mass is 16.5. The van der Waals surface area contributed by atoms with Crippen LogP contribution >= 0.6 is 0 Å². The maximum Gasteiger partial charge on any atom is 0.248 e. The van der Waals surface area contributed by atoms with Crippen molar-refractivity contribution < 1.29 is 9.53 Å². The molecular formula is C7H12N2O2. The predicted octanol–water partition coefficient (Wildman–Crippen LogP) is -1.18. The monoisotopic (exact) mass is 156 g/mol. The summed E-state index contributed by atoms with van der Waals surface area (Å²) in [5.41, 5.74) is 0. The summed E-state index contributed by atoms with van der Waals surface area (Å²) in [4.78, 5) is 12.9. The van der Waals surface area contributed by atoms with Gasteiger partial charge in [-0.2, -0.15) is 0 Å². The molecule has 0 aromatic carbocycles. The molecule has 0 unspecified atom stereocenters. The fourth-order valence-electron chi connectivity index (χ4n) is 1.66. The number of morpholine rings is 1. The van der Waals surface area contributed by atoms with Gasteiger partial charge in [0.1, 0.15) is 6.61 Å². The molecule has 1 N–H and O–H groups in total. The van der Waals surface area contributed by atoms with E-state index in [4.69, 9.17) is 4.74 Å². The Balaban J connectivity index is 2.11. The molecule has 0 aromatic rings. The first-order valence-electron chi connectivity index (χ1n) is 3.87. The van der Waals surface area contributed by atoms with Gasteiger partial charge in [0, 0.05) is 20.1 Å². The fraction of sp³-hybridized carbons (Fsp3) is 0.857. The summed E-state index contributed by atoms with van der Waals surface area (Å²) in [6.07, 6.45) is 0.220. The van der Waals surface area contributed by atoms with Crippen LogP contribution in [0.25, 0.3) is 0 Å². The lowest BCUT2D eigenvalue weighted by atomic mass is 10.1. The molecule has 2 aliphatic heterocycles. The van der Waals surface area contributed by atoms with Crippen LogP contribution in [-0.2, 0) is 9.53 Å². The van der Waals surface area contributed by atoms with Gasteiger partial charge in [-0.1, -0.05) is 0 Å². The Morgan fingerprint density at radius 2 is 2.45 bits per heavy atom. The second-order valence-corrected chi connectivity index (χ2v) is 3.08. The number of hydrogen-bond donors (Lipinski definition) is 1. The van der Waals surface area contributed by atoms with Crippen molar-refractivity contribution in [3.63, 3.8) is 0 Å². The van der Waals surface area contributed by atoms with E-state index in [-0.39, 0.29) is 24.7 Å². The van der Waals surface area contributed by atoms with Gasteiger partial charge in [0.15, 0.2) is 0 Å². The first-order valence-corrected chi connectivity index (χ1v) is 3.87. The van der Waals surface area contributed by atoms with Gasteiger partial charge in [-0.05, 0) is 0 Å². The topological polar surface area (TPSA) is 41.6 Å². The number of carbonyl (C=O) groups is 1. The summed E-state index contributed by atoms with van der Waals surface area (Å²) in [7, 11) is 1.84. The average molecular weight is 156 g/mol. The SMILES string of the molecule is CN1C(=O)CO[C@@H]2CNC[C@H]21. The number of fused-ring (bicyclic) bond motifs is 1. The van der Waals surface area contributed by atoms with Crippen LogP contribution < -0.4 is 5.32 Å². The molecule has 2 atom stereocenters. The van der Waals surface area contributed by atoms with Gasteiger partial charge in [-0.15, -0.1) is 0 Å². The van der Waals surface area contributed by atoms with Crippen molar-refractivity contribution >= 4 is 5.91 Å². The second kappa shape index (κ2) is 2.46. The van der Waals surface area contributed by atoms with Crippen LogP contribution in [0.15, 0.2) is 0 Å². The van der Waals surface area contributed by atoms with E-state index >= 15 is 0 Å². The molecule has 11 heavy (non-hydrogen) atoms. The third-order valence-electron chi connectivity index (χ3n) is 2.44. The molecular weight excluding hydrogens is 144 g/mol. The van der Waals surface area contributed by atoms with E-state index in [1.165, 1.54) is 0 Å². The van der Waals surface area contributed by atoms with Crippen LogP contribution in [0, 0.1) is 0 Å². The van der Waals surface area contributed by atoms with Crippen LogP contribution in [0.5, 0.6) is 0 Å². The second-order valence-electron chi connectivity index (χ2n) is 3.08. The zero-order chi connectivity index (χ0) is 7.84. The van der Waals surface area contributed by atoms with E-state index in [1.807, 2.05) is 7.05 Å². The smallest absolute Gasteiger partial charge is 0.248 e. The van der Waals surface area contributed by atoms with E-state index in [0.29, 0.717) is 0 Å². The van der Waals surface area contributed by atoms with Gasteiger partial charge < -0.3 is 15.0 Å². The minimum atomic E-state index is 0.0925. The highest BCUT2D eigenvalue weighted by Crippen LogP contribution is 2.15. The standard InChI is InChI=1S/C7H12N2O2/c1-9-5-2-8-3-6(5)11-4-7(9)10/h5-6,8H,2-4H2,1H3/t5-,6-/m1/s1. The zero-order valence-corrected chi connectivity index (χ0v) is 6.54. The Bertz CT molecular complexity index is 183. The van der Waals surface area contributed by atoms with Crippen LogP contribution in [-0.4, -0.2) is 49.7 Å². The zero-order valence-electron chi connectivity index (χ0n) is 6.54. The number of nitrogens with zero attached hydrogens (tertiary/aromatic N) is 1. The summed E-state index contributed by atoms with van der Waals surface area (Å²) >= 11 is 0. The summed E-state index contributed by atoms with van der Waals surface area (Å²) < 4.78 is 5.33. The van der Waals surface area contributed by atoms with Crippen LogP contribution in [0.1, 0.15) is 0 Å². The third kappa shape index (κ3) is 1.02. The molecule has 4 nitrogen and oxygen atoms in total. The maximum absolute atomic E-state index is 11.1. The number of amides is 1. The summed E-state index contributed by atoms with van der Waals surface area (Å²) in [5, 5.41) is 3.20. The van der Waals surface area contributed by atoms with E-state index in [2.05, 4.69) is 5.32 Å². The Kier molecular flexibility index (Phi) is 1.58. The predicted molar refractivity (Wildman–Crippen MR) is 39.2 cm³/mol. The number of ether oxygens (including phenoxy) is 1. The van der Waals surface area contributed by atoms with E-state index in [1.54, 1.807) is 4.90 Å². The molecule has 0 saturated carbocycles. The number of rotatable bonds is 0. The van der Waals surface area contributed by atoms with Gasteiger partial charge in [-0.3, -0.25) is 4.79 Å². The number of likely N-dealkylation sites (N-methyl/N-ethyl adjacent to an activating group) is 1. The first-order chi connectivity index (χ1) is 5.29. The molecule has 2 aliphatic rings. The molecule has 2 rings (SSSR count). The summed E-state index contributed by atoms with van der Waals surface area (Å²) in [5.74, 6) is 0.0925. The maximum atomic E-state index is 11.1. The molecule has 2 heterocycles. The van der Waals surface area contributed by atoms with Crippen LogP contribution in [0.3, 0.4) is 0 Å². The first kappa shape index (κ1) is 7.06. The Hall–Kier alpha value is -0.610. The van der Waals surface area contributed by atoms with Crippen molar-refractivity contribution in [2.75, 3.05) is 26.7 Å². The van der Waals surface area contributed by atoms with Crippen molar-refractivity contribution in [2.24, 2.45) is 0 Å². The van der Waals surface area contributed by atoms with Gasteiger partial charge in [0.25, 0.3) is 0 Å². The Morgan fingerprint density at radius 1 is 1.64 bits per heavy atom. The highest BCUT2D eigenvalue weighted by molar-refractivity contribution is 5.78.